The van der Waals surface area contributed by atoms with Crippen LogP contribution in [0, 0.1) is 5.82 Å². The van der Waals surface area contributed by atoms with E-state index in [9.17, 15) is 0 Å². The minimum absolute atomic E-state index is 0.104. The number of aromatic nitrogens is 2. The highest BCUT2D eigenvalue weighted by atomic mass is 28.4. The number of benzene rings is 1. The van der Waals surface area contributed by atoms with Gasteiger partial charge in [0.1, 0.15) is 0 Å². The smallest absolute Gasteiger partial charge is 0.225 e. The number of nitrogens with zero attached hydrogens (tertiary/aromatic N) is 4. The van der Waals surface area contributed by atoms with E-state index >= 15 is 4.39 Å². The van der Waals surface area contributed by atoms with Crippen molar-refractivity contribution in [2.45, 2.75) is 64.3 Å². The largest absolute Gasteiger partial charge is 0.412 e. The zero-order valence-corrected chi connectivity index (χ0v) is 22.3. The molecule has 0 N–H and O–H groups in total. The third kappa shape index (κ3) is 5.61. The Hall–Kier alpha value is -2.03. The van der Waals surface area contributed by atoms with Gasteiger partial charge in [-0.1, -0.05) is 32.9 Å². The highest BCUT2D eigenvalue weighted by molar-refractivity contribution is 6.74. The molecule has 0 saturated carbocycles. The summed E-state index contributed by atoms with van der Waals surface area (Å²) < 4.78 is 27.1. The van der Waals surface area contributed by atoms with Crippen molar-refractivity contribution in [2.24, 2.45) is 0 Å². The fraction of sp³-hybridized carbons (Fsp3) is 0.615. The molecule has 0 amide bonds. The number of rotatable bonds is 6. The van der Waals surface area contributed by atoms with Crippen LogP contribution in [-0.2, 0) is 15.8 Å². The predicted molar refractivity (Wildman–Crippen MR) is 138 cm³/mol. The average molecular weight is 487 g/mol. The van der Waals surface area contributed by atoms with Gasteiger partial charge in [0.15, 0.2) is 14.1 Å². The standard InChI is InChI=1S/C26H39FN4O2Si/c1-26(2,3)34(4,5)33-19-21-7-6-8-23(24(21)27)30-11-9-20(10-12-30)22-17-28-25(29-18-22)31-13-15-32-16-14-31/h6-8,17-18,20H,9-16,19H2,1-5H3. The van der Waals surface area contributed by atoms with Crippen LogP contribution < -0.4 is 9.80 Å². The van der Waals surface area contributed by atoms with Crippen molar-refractivity contribution in [1.29, 1.82) is 0 Å². The highest BCUT2D eigenvalue weighted by Crippen LogP contribution is 2.38. The molecular weight excluding hydrogens is 447 g/mol. The van der Waals surface area contributed by atoms with Crippen LogP contribution in [0.15, 0.2) is 30.6 Å². The topological polar surface area (TPSA) is 50.7 Å². The Kier molecular flexibility index (Phi) is 7.59. The van der Waals surface area contributed by atoms with E-state index in [4.69, 9.17) is 9.16 Å². The fourth-order valence-electron chi connectivity index (χ4n) is 4.32. The highest BCUT2D eigenvalue weighted by Gasteiger charge is 2.37. The molecule has 0 radical (unpaired) electrons. The van der Waals surface area contributed by atoms with Crippen LogP contribution in [0.4, 0.5) is 16.0 Å². The van der Waals surface area contributed by atoms with Crippen LogP contribution in [0.5, 0.6) is 0 Å². The maximum absolute atomic E-state index is 15.4. The summed E-state index contributed by atoms with van der Waals surface area (Å²) in [6.45, 7) is 16.1. The summed E-state index contributed by atoms with van der Waals surface area (Å²) in [4.78, 5) is 13.6. The van der Waals surface area contributed by atoms with Gasteiger partial charge in [-0.15, -0.1) is 0 Å². The molecule has 0 unspecified atom stereocenters. The predicted octanol–water partition coefficient (Wildman–Crippen LogP) is 5.36. The molecule has 34 heavy (non-hydrogen) atoms. The first-order valence-corrected chi connectivity index (χ1v) is 15.4. The summed E-state index contributed by atoms with van der Waals surface area (Å²) in [5, 5.41) is 0.104. The molecule has 186 valence electrons. The van der Waals surface area contributed by atoms with Crippen LogP contribution in [0.2, 0.25) is 18.1 Å². The number of ether oxygens (including phenoxy) is 1. The van der Waals surface area contributed by atoms with Gasteiger partial charge in [0.2, 0.25) is 5.95 Å². The monoisotopic (exact) mass is 486 g/mol. The molecule has 0 aliphatic carbocycles. The maximum atomic E-state index is 15.4. The van der Waals surface area contributed by atoms with Gasteiger partial charge >= 0.3 is 0 Å². The van der Waals surface area contributed by atoms with Gasteiger partial charge in [0.25, 0.3) is 0 Å². The first kappa shape index (κ1) is 25.1. The zero-order valence-electron chi connectivity index (χ0n) is 21.3. The molecule has 2 fully saturated rings. The summed E-state index contributed by atoms with van der Waals surface area (Å²) in [7, 11) is -1.93. The molecule has 0 atom stereocenters. The molecule has 1 aromatic carbocycles. The molecule has 3 heterocycles. The molecule has 2 saturated heterocycles. The Morgan fingerprint density at radius 3 is 2.29 bits per heavy atom. The van der Waals surface area contributed by atoms with E-state index < -0.39 is 8.32 Å². The minimum atomic E-state index is -1.93. The number of halogens is 1. The number of anilines is 2. The van der Waals surface area contributed by atoms with Crippen molar-refractivity contribution in [3.05, 3.63) is 47.5 Å². The lowest BCUT2D eigenvalue weighted by atomic mass is 9.91. The second-order valence-electron chi connectivity index (χ2n) is 11.0. The maximum Gasteiger partial charge on any atom is 0.225 e. The third-order valence-corrected chi connectivity index (χ3v) is 12.2. The molecule has 0 spiro atoms. The number of hydrogen-bond acceptors (Lipinski definition) is 6. The van der Waals surface area contributed by atoms with E-state index in [2.05, 4.69) is 53.6 Å². The lowest BCUT2D eigenvalue weighted by Crippen LogP contribution is -2.40. The van der Waals surface area contributed by atoms with Gasteiger partial charge in [0.05, 0.1) is 25.5 Å². The van der Waals surface area contributed by atoms with Crippen molar-refractivity contribution < 1.29 is 13.6 Å². The SMILES string of the molecule is CC(C)(C)[Si](C)(C)OCc1cccc(N2CCC(c3cnc(N4CCOCC4)nc3)CC2)c1F. The number of piperidine rings is 1. The molecule has 1 aromatic heterocycles. The van der Waals surface area contributed by atoms with Gasteiger partial charge in [-0.3, -0.25) is 0 Å². The average Bonchev–Trinajstić information content (AvgIpc) is 2.83. The summed E-state index contributed by atoms with van der Waals surface area (Å²) in [6, 6.07) is 5.70. The molecule has 2 aromatic rings. The summed E-state index contributed by atoms with van der Waals surface area (Å²) >= 11 is 0. The van der Waals surface area contributed by atoms with E-state index in [1.807, 2.05) is 30.6 Å². The fourth-order valence-corrected chi connectivity index (χ4v) is 5.27. The molecule has 8 heteroatoms. The summed E-state index contributed by atoms with van der Waals surface area (Å²) in [5.41, 5.74) is 2.51. The van der Waals surface area contributed by atoms with Gasteiger partial charge in [-0.25, -0.2) is 14.4 Å². The van der Waals surface area contributed by atoms with Gasteiger partial charge in [-0.05, 0) is 48.5 Å². The van der Waals surface area contributed by atoms with E-state index in [1.54, 1.807) is 0 Å². The van der Waals surface area contributed by atoms with Gasteiger partial charge < -0.3 is 19.0 Å². The van der Waals surface area contributed by atoms with E-state index in [0.29, 0.717) is 23.8 Å². The van der Waals surface area contributed by atoms with Crippen LogP contribution in [0.25, 0.3) is 0 Å². The van der Waals surface area contributed by atoms with Crippen LogP contribution in [-0.4, -0.2) is 57.7 Å². The second kappa shape index (κ2) is 10.3. The lowest BCUT2D eigenvalue weighted by Gasteiger charge is -2.36. The van der Waals surface area contributed by atoms with Crippen LogP contribution >= 0.6 is 0 Å². The summed E-state index contributed by atoms with van der Waals surface area (Å²) in [6.07, 6.45) is 5.86. The molecule has 6 nitrogen and oxygen atoms in total. The molecular formula is C26H39FN4O2Si. The summed E-state index contributed by atoms with van der Waals surface area (Å²) in [5.74, 6) is 1.05. The van der Waals surface area contributed by atoms with Crippen molar-refractivity contribution in [3.8, 4) is 0 Å². The van der Waals surface area contributed by atoms with Gasteiger partial charge in [-0.2, -0.15) is 0 Å². The number of hydrogen-bond donors (Lipinski definition) is 0. The van der Waals surface area contributed by atoms with Crippen LogP contribution in [0.3, 0.4) is 0 Å². The first-order valence-electron chi connectivity index (χ1n) is 12.5. The van der Waals surface area contributed by atoms with Gasteiger partial charge in [0, 0.05) is 44.1 Å². The van der Waals surface area contributed by atoms with Crippen molar-refractivity contribution >= 4 is 20.0 Å². The number of morpholine rings is 1. The normalized spacial score (nSPS) is 18.4. The van der Waals surface area contributed by atoms with E-state index in [-0.39, 0.29) is 10.9 Å². The van der Waals surface area contributed by atoms with Crippen molar-refractivity contribution in [1.82, 2.24) is 9.97 Å². The Morgan fingerprint density at radius 2 is 1.68 bits per heavy atom. The Morgan fingerprint density at radius 1 is 1.03 bits per heavy atom. The van der Waals surface area contributed by atoms with Crippen molar-refractivity contribution in [2.75, 3.05) is 49.2 Å². The third-order valence-electron chi connectivity index (χ3n) is 7.71. The van der Waals surface area contributed by atoms with Crippen molar-refractivity contribution in [3.63, 3.8) is 0 Å². The Balaban J connectivity index is 1.36. The van der Waals surface area contributed by atoms with E-state index in [1.165, 1.54) is 5.56 Å². The zero-order chi connectivity index (χ0) is 24.3. The lowest BCUT2D eigenvalue weighted by molar-refractivity contribution is 0.122. The van der Waals surface area contributed by atoms with Crippen LogP contribution in [0.1, 0.15) is 50.7 Å². The van der Waals surface area contributed by atoms with E-state index in [0.717, 1.165) is 58.2 Å². The molecule has 4 rings (SSSR count). The Bertz CT molecular complexity index is 950. The quantitative estimate of drug-likeness (QED) is 0.513. The molecule has 2 aliphatic heterocycles. The minimum Gasteiger partial charge on any atom is -0.412 e. The second-order valence-corrected chi connectivity index (χ2v) is 15.8. The molecule has 2 aliphatic rings. The Labute approximate surface area is 204 Å². The first-order chi connectivity index (χ1) is 16.2. The molecule has 0 bridgehead atoms.